The molecule has 0 radical (unpaired) electrons. The highest BCUT2D eigenvalue weighted by Crippen LogP contribution is 2.28. The van der Waals surface area contributed by atoms with Crippen LogP contribution in [0.5, 0.6) is 0 Å². The van der Waals surface area contributed by atoms with Gasteiger partial charge < -0.3 is 5.32 Å². The van der Waals surface area contributed by atoms with Gasteiger partial charge in [-0.1, -0.05) is 42.0 Å². The van der Waals surface area contributed by atoms with Crippen molar-refractivity contribution in [3.63, 3.8) is 0 Å². The molecule has 0 unspecified atom stereocenters. The van der Waals surface area contributed by atoms with Gasteiger partial charge in [-0.2, -0.15) is 4.31 Å². The zero-order chi connectivity index (χ0) is 25.5. The van der Waals surface area contributed by atoms with Crippen LogP contribution in [0.2, 0.25) is 0 Å². The molecule has 192 valence electrons. The Balaban J connectivity index is 1.27. The van der Waals surface area contributed by atoms with Gasteiger partial charge in [-0.05, 0) is 48.6 Å². The molecular formula is C24H30N6O5S. The topological polar surface area (TPSA) is 147 Å². The third-order valence-corrected chi connectivity index (χ3v) is 8.28. The predicted molar refractivity (Wildman–Crippen MR) is 132 cm³/mol. The second kappa shape index (κ2) is 11.6. The molecule has 0 atom stereocenters. The van der Waals surface area contributed by atoms with Gasteiger partial charge >= 0.3 is 0 Å². The number of piperidine rings is 1. The Morgan fingerprint density at radius 3 is 2.53 bits per heavy atom. The largest absolute Gasteiger partial charge is 0.351 e. The third-order valence-electron chi connectivity index (χ3n) is 6.39. The van der Waals surface area contributed by atoms with E-state index in [2.05, 4.69) is 15.6 Å². The molecule has 1 fully saturated rings. The molecular weight excluding hydrogens is 484 g/mol. The lowest BCUT2D eigenvalue weighted by Gasteiger charge is -2.31. The number of nitrogens with zero attached hydrogens (tertiary/aromatic N) is 4. The second-order valence-corrected chi connectivity index (χ2v) is 10.8. The number of carbonyl (C=O) groups excluding carboxylic acids is 2. The maximum atomic E-state index is 13.2. The molecule has 1 aromatic heterocycles. The molecule has 4 rings (SSSR count). The number of hydrogen-bond donors (Lipinski definition) is 3. The fourth-order valence-corrected chi connectivity index (χ4v) is 5.82. The van der Waals surface area contributed by atoms with Crippen molar-refractivity contribution >= 4 is 32.6 Å². The first-order valence-electron chi connectivity index (χ1n) is 12.0. The lowest BCUT2D eigenvalue weighted by atomic mass is 10.1. The van der Waals surface area contributed by atoms with Crippen LogP contribution >= 0.6 is 0 Å². The molecule has 0 aliphatic carbocycles. The highest BCUT2D eigenvalue weighted by Gasteiger charge is 2.31. The number of carbonyl (C=O) groups is 2. The van der Waals surface area contributed by atoms with E-state index in [4.69, 9.17) is 5.21 Å². The van der Waals surface area contributed by atoms with Crippen molar-refractivity contribution in [3.05, 3.63) is 54.4 Å². The molecule has 0 bridgehead atoms. The molecule has 2 aromatic carbocycles. The Morgan fingerprint density at radius 2 is 1.78 bits per heavy atom. The van der Waals surface area contributed by atoms with E-state index in [1.54, 1.807) is 28.5 Å². The number of hydrogen-bond acceptors (Lipinski definition) is 7. The van der Waals surface area contributed by atoms with Gasteiger partial charge in [-0.15, -0.1) is 5.10 Å². The molecule has 12 heteroatoms. The van der Waals surface area contributed by atoms with Gasteiger partial charge in [0.05, 0.1) is 17.1 Å². The van der Waals surface area contributed by atoms with Gasteiger partial charge in [0, 0.05) is 26.1 Å². The van der Waals surface area contributed by atoms with Gasteiger partial charge in [0.25, 0.3) is 5.91 Å². The van der Waals surface area contributed by atoms with Crippen LogP contribution < -0.4 is 10.8 Å². The Bertz CT molecular complexity index is 1320. The average molecular weight is 515 g/mol. The van der Waals surface area contributed by atoms with Gasteiger partial charge in [-0.25, -0.2) is 18.6 Å². The smallest absolute Gasteiger partial charge is 0.273 e. The summed E-state index contributed by atoms with van der Waals surface area (Å²) in [6, 6.07) is 12.8. The summed E-state index contributed by atoms with van der Waals surface area (Å²) < 4.78 is 29.5. The maximum Gasteiger partial charge on any atom is 0.273 e. The van der Waals surface area contributed by atoms with E-state index in [0.717, 1.165) is 17.2 Å². The molecule has 2 amide bonds. The SMILES string of the molecule is O=C(CCCCCNC(=O)c1cn(C2CCN(S(=O)(=O)c3ccc4ccccc4c3)CC2)nn1)NO. The number of benzene rings is 2. The summed E-state index contributed by atoms with van der Waals surface area (Å²) >= 11 is 0. The fourth-order valence-electron chi connectivity index (χ4n) is 4.32. The number of hydroxylamine groups is 1. The second-order valence-electron chi connectivity index (χ2n) is 8.83. The number of sulfonamides is 1. The standard InChI is InChI=1S/C24H30N6O5S/c31-23(27-33)8-2-1-5-13-25-24(32)22-17-30(28-26-22)20-11-14-29(15-12-20)36(34,35)21-10-9-18-6-3-4-7-19(18)16-21/h3-4,6-7,9-10,16-17,20,33H,1-2,5,8,11-15H2,(H,25,32)(H,27,31). The van der Waals surface area contributed by atoms with Crippen molar-refractivity contribution in [1.82, 2.24) is 30.1 Å². The van der Waals surface area contributed by atoms with Crippen molar-refractivity contribution in [1.29, 1.82) is 0 Å². The number of rotatable bonds is 10. The van der Waals surface area contributed by atoms with E-state index in [0.29, 0.717) is 45.3 Å². The van der Waals surface area contributed by atoms with Crippen molar-refractivity contribution < 1.29 is 23.2 Å². The fraction of sp³-hybridized carbons (Fsp3) is 0.417. The summed E-state index contributed by atoms with van der Waals surface area (Å²) in [5, 5.41) is 21.2. The van der Waals surface area contributed by atoms with E-state index in [1.165, 1.54) is 4.31 Å². The Kier molecular flexibility index (Phi) is 8.28. The highest BCUT2D eigenvalue weighted by atomic mass is 32.2. The molecule has 36 heavy (non-hydrogen) atoms. The van der Waals surface area contributed by atoms with Gasteiger partial charge in [0.1, 0.15) is 0 Å². The van der Waals surface area contributed by atoms with Crippen molar-refractivity contribution in [3.8, 4) is 0 Å². The normalized spacial score (nSPS) is 15.1. The number of aromatic nitrogens is 3. The van der Waals surface area contributed by atoms with Crippen molar-refractivity contribution in [2.75, 3.05) is 19.6 Å². The van der Waals surface area contributed by atoms with Crippen molar-refractivity contribution in [2.45, 2.75) is 49.5 Å². The number of unbranched alkanes of at least 4 members (excludes halogenated alkanes) is 2. The number of fused-ring (bicyclic) bond motifs is 1. The van der Waals surface area contributed by atoms with E-state index in [9.17, 15) is 18.0 Å². The Morgan fingerprint density at radius 1 is 1.03 bits per heavy atom. The zero-order valence-corrected chi connectivity index (χ0v) is 20.7. The first kappa shape index (κ1) is 25.7. The van der Waals surface area contributed by atoms with Gasteiger partial charge in [0.2, 0.25) is 15.9 Å². The first-order valence-corrected chi connectivity index (χ1v) is 13.4. The van der Waals surface area contributed by atoms with Crippen LogP contribution in [-0.4, -0.2) is 64.4 Å². The summed E-state index contributed by atoms with van der Waals surface area (Å²) in [7, 11) is -3.60. The maximum absolute atomic E-state index is 13.2. The van der Waals surface area contributed by atoms with E-state index < -0.39 is 15.9 Å². The summed E-state index contributed by atoms with van der Waals surface area (Å²) in [6.07, 6.45) is 5.02. The van der Waals surface area contributed by atoms with Crippen LogP contribution in [0.3, 0.4) is 0 Å². The van der Waals surface area contributed by atoms with E-state index >= 15 is 0 Å². The molecule has 3 aromatic rings. The van der Waals surface area contributed by atoms with Crippen LogP contribution in [-0.2, 0) is 14.8 Å². The van der Waals surface area contributed by atoms with Crippen LogP contribution in [0.15, 0.2) is 53.6 Å². The summed E-state index contributed by atoms with van der Waals surface area (Å²) in [4.78, 5) is 23.6. The lowest BCUT2D eigenvalue weighted by Crippen LogP contribution is -2.39. The molecule has 1 aliphatic heterocycles. The first-order chi connectivity index (χ1) is 17.4. The van der Waals surface area contributed by atoms with E-state index in [-0.39, 0.29) is 29.0 Å². The van der Waals surface area contributed by atoms with Gasteiger partial charge in [0.15, 0.2) is 5.69 Å². The number of amides is 2. The van der Waals surface area contributed by atoms with E-state index in [1.807, 2.05) is 30.3 Å². The minimum absolute atomic E-state index is 0.0419. The zero-order valence-electron chi connectivity index (χ0n) is 19.8. The van der Waals surface area contributed by atoms with Crippen LogP contribution in [0, 0.1) is 0 Å². The Hall–Kier alpha value is -3.35. The molecule has 1 saturated heterocycles. The summed E-state index contributed by atoms with van der Waals surface area (Å²) in [5.74, 6) is -0.751. The molecule has 3 N–H and O–H groups in total. The third kappa shape index (κ3) is 6.07. The average Bonchev–Trinajstić information content (AvgIpc) is 3.40. The van der Waals surface area contributed by atoms with Gasteiger partial charge in [-0.3, -0.25) is 14.8 Å². The Labute approximate surface area is 209 Å². The molecule has 1 aliphatic rings. The highest BCUT2D eigenvalue weighted by molar-refractivity contribution is 7.89. The summed E-state index contributed by atoms with van der Waals surface area (Å²) in [5.41, 5.74) is 1.80. The predicted octanol–water partition coefficient (Wildman–Crippen LogP) is 2.25. The van der Waals surface area contributed by atoms with Crippen LogP contribution in [0.25, 0.3) is 10.8 Å². The molecule has 0 spiro atoms. The minimum atomic E-state index is -3.60. The quantitative estimate of drug-likeness (QED) is 0.214. The van der Waals surface area contributed by atoms with Crippen molar-refractivity contribution in [2.24, 2.45) is 0 Å². The monoisotopic (exact) mass is 514 g/mol. The number of nitrogens with one attached hydrogen (secondary N) is 2. The summed E-state index contributed by atoms with van der Waals surface area (Å²) in [6.45, 7) is 1.16. The molecule has 0 saturated carbocycles. The minimum Gasteiger partial charge on any atom is -0.351 e. The molecule has 2 heterocycles. The molecule has 11 nitrogen and oxygen atoms in total. The lowest BCUT2D eigenvalue weighted by molar-refractivity contribution is -0.129. The van der Waals surface area contributed by atoms with Crippen LogP contribution in [0.4, 0.5) is 0 Å². The van der Waals surface area contributed by atoms with Crippen LogP contribution in [0.1, 0.15) is 55.1 Å².